The molecule has 2 heterocycles. The van der Waals surface area contributed by atoms with Crippen LogP contribution in [0.5, 0.6) is 0 Å². The van der Waals surface area contributed by atoms with Crippen molar-refractivity contribution in [2.45, 2.75) is 55.6 Å². The molecule has 2 aromatic rings. The van der Waals surface area contributed by atoms with Crippen molar-refractivity contribution in [3.8, 4) is 0 Å². The summed E-state index contributed by atoms with van der Waals surface area (Å²) >= 11 is 7.72. The number of halogens is 1. The molecule has 204 valence electrons. The Morgan fingerprint density at radius 1 is 1.16 bits per heavy atom. The van der Waals surface area contributed by atoms with Crippen molar-refractivity contribution in [2.24, 2.45) is 11.8 Å². The second-order valence-corrected chi connectivity index (χ2v) is 13.7. The SMILES string of the molecule is CN(C)C(c1cccs1)C1CCC(CCNC(=O)COC2CCN(S(=O)(=O)c3ccc(Cl)cc3)C2)CC1. The maximum atomic E-state index is 12.8. The number of nitrogens with zero attached hydrogens (tertiary/aromatic N) is 2. The number of nitrogens with one attached hydrogen (secondary N) is 1. The summed E-state index contributed by atoms with van der Waals surface area (Å²) < 4.78 is 32.8. The molecular formula is C27H38ClN3O4S2. The van der Waals surface area contributed by atoms with Crippen LogP contribution in [-0.2, 0) is 19.6 Å². The van der Waals surface area contributed by atoms with E-state index in [1.165, 1.54) is 47.0 Å². The minimum atomic E-state index is -3.59. The van der Waals surface area contributed by atoms with Crippen molar-refractivity contribution < 1.29 is 17.9 Å². The third kappa shape index (κ3) is 7.55. The van der Waals surface area contributed by atoms with Crippen molar-refractivity contribution >= 4 is 38.9 Å². The first-order valence-corrected chi connectivity index (χ1v) is 15.8. The molecule has 1 N–H and O–H groups in total. The predicted molar refractivity (Wildman–Crippen MR) is 148 cm³/mol. The summed E-state index contributed by atoms with van der Waals surface area (Å²) in [5, 5.41) is 5.64. The Kier molecular flexibility index (Phi) is 10.1. The largest absolute Gasteiger partial charge is 0.367 e. The molecule has 1 saturated carbocycles. The Morgan fingerprint density at radius 2 is 1.89 bits per heavy atom. The lowest BCUT2D eigenvalue weighted by Crippen LogP contribution is -2.34. The highest BCUT2D eigenvalue weighted by atomic mass is 35.5. The van der Waals surface area contributed by atoms with Crippen molar-refractivity contribution in [1.82, 2.24) is 14.5 Å². The Labute approximate surface area is 230 Å². The number of rotatable bonds is 11. The van der Waals surface area contributed by atoms with E-state index >= 15 is 0 Å². The van der Waals surface area contributed by atoms with Crippen molar-refractivity contribution in [3.05, 3.63) is 51.7 Å². The van der Waals surface area contributed by atoms with Crippen LogP contribution in [-0.4, -0.2) is 70.0 Å². The van der Waals surface area contributed by atoms with Gasteiger partial charge in [0.15, 0.2) is 0 Å². The van der Waals surface area contributed by atoms with Crippen LogP contribution in [0.25, 0.3) is 0 Å². The first-order valence-electron chi connectivity index (χ1n) is 13.1. The number of ether oxygens (including phenoxy) is 1. The summed E-state index contributed by atoms with van der Waals surface area (Å²) in [4.78, 5) is 16.4. The second kappa shape index (κ2) is 13.0. The first-order chi connectivity index (χ1) is 17.7. The lowest BCUT2D eigenvalue weighted by molar-refractivity contribution is -0.127. The lowest BCUT2D eigenvalue weighted by atomic mass is 9.76. The Hall–Kier alpha value is -1.49. The van der Waals surface area contributed by atoms with E-state index in [0.29, 0.717) is 42.4 Å². The minimum absolute atomic E-state index is 0.0441. The number of thiophene rings is 1. The summed E-state index contributed by atoms with van der Waals surface area (Å²) in [6.07, 6.45) is 6.12. The fraction of sp³-hybridized carbons (Fsp3) is 0.593. The van der Waals surface area contributed by atoms with Crippen LogP contribution < -0.4 is 5.32 Å². The van der Waals surface area contributed by atoms with Crippen LogP contribution in [0.2, 0.25) is 5.02 Å². The van der Waals surface area contributed by atoms with E-state index < -0.39 is 10.0 Å². The summed E-state index contributed by atoms with van der Waals surface area (Å²) in [6.45, 7) is 1.24. The van der Waals surface area contributed by atoms with Gasteiger partial charge in [0.2, 0.25) is 15.9 Å². The molecule has 2 atom stereocenters. The van der Waals surface area contributed by atoms with E-state index in [1.54, 1.807) is 12.1 Å². The van der Waals surface area contributed by atoms with Crippen molar-refractivity contribution in [3.63, 3.8) is 0 Å². The molecule has 0 bridgehead atoms. The zero-order chi connectivity index (χ0) is 26.4. The highest BCUT2D eigenvalue weighted by Gasteiger charge is 2.33. The fourth-order valence-corrected chi connectivity index (χ4v) is 8.26. The molecule has 2 fully saturated rings. The van der Waals surface area contributed by atoms with Crippen LogP contribution in [0.1, 0.15) is 49.4 Å². The third-order valence-corrected chi connectivity index (χ3v) is 10.7. The quantitative estimate of drug-likeness (QED) is 0.422. The number of benzene rings is 1. The van der Waals surface area contributed by atoms with Crippen LogP contribution in [0.15, 0.2) is 46.7 Å². The van der Waals surface area contributed by atoms with E-state index in [4.69, 9.17) is 16.3 Å². The summed E-state index contributed by atoms with van der Waals surface area (Å²) in [5.41, 5.74) is 0. The molecule has 10 heteroatoms. The number of carbonyl (C=O) groups excluding carboxylic acids is 1. The number of hydrogen-bond donors (Lipinski definition) is 1. The molecule has 1 amide bonds. The summed E-state index contributed by atoms with van der Waals surface area (Å²) in [5.74, 6) is 1.19. The molecule has 37 heavy (non-hydrogen) atoms. The highest BCUT2D eigenvalue weighted by molar-refractivity contribution is 7.89. The average Bonchev–Trinajstić information content (AvgIpc) is 3.57. The van der Waals surface area contributed by atoms with E-state index in [0.717, 1.165) is 6.42 Å². The van der Waals surface area contributed by atoms with Gasteiger partial charge < -0.3 is 15.0 Å². The minimum Gasteiger partial charge on any atom is -0.367 e. The normalized spacial score (nSPS) is 23.8. The van der Waals surface area contributed by atoms with E-state index in [-0.39, 0.29) is 30.1 Å². The molecule has 4 rings (SSSR count). The van der Waals surface area contributed by atoms with E-state index in [2.05, 4.69) is 41.8 Å². The molecule has 1 aliphatic heterocycles. The maximum absolute atomic E-state index is 12.8. The summed E-state index contributed by atoms with van der Waals surface area (Å²) in [7, 11) is 0.764. The fourth-order valence-electron chi connectivity index (χ4n) is 5.63. The molecule has 2 aliphatic rings. The molecule has 1 aromatic carbocycles. The van der Waals surface area contributed by atoms with Crippen LogP contribution >= 0.6 is 22.9 Å². The van der Waals surface area contributed by atoms with Gasteiger partial charge in [0.25, 0.3) is 0 Å². The molecule has 7 nitrogen and oxygen atoms in total. The Balaban J connectivity index is 1.13. The Bertz CT molecular complexity index is 1100. The predicted octanol–water partition coefficient (Wildman–Crippen LogP) is 4.80. The van der Waals surface area contributed by atoms with Crippen LogP contribution in [0.3, 0.4) is 0 Å². The van der Waals surface area contributed by atoms with E-state index in [9.17, 15) is 13.2 Å². The van der Waals surface area contributed by atoms with Crippen LogP contribution in [0.4, 0.5) is 0 Å². The highest BCUT2D eigenvalue weighted by Crippen LogP contribution is 2.41. The smallest absolute Gasteiger partial charge is 0.246 e. The zero-order valence-electron chi connectivity index (χ0n) is 21.6. The molecule has 2 unspecified atom stereocenters. The second-order valence-electron chi connectivity index (χ2n) is 10.4. The van der Waals surface area contributed by atoms with Gasteiger partial charge in [-0.2, -0.15) is 4.31 Å². The topological polar surface area (TPSA) is 79.0 Å². The number of amides is 1. The third-order valence-electron chi connectivity index (χ3n) is 7.61. The molecule has 1 aliphatic carbocycles. The lowest BCUT2D eigenvalue weighted by Gasteiger charge is -2.37. The number of sulfonamides is 1. The average molecular weight is 568 g/mol. The van der Waals surface area contributed by atoms with E-state index in [1.807, 2.05) is 11.3 Å². The van der Waals surface area contributed by atoms with Gasteiger partial charge >= 0.3 is 0 Å². The van der Waals surface area contributed by atoms with Gasteiger partial charge in [-0.25, -0.2) is 8.42 Å². The molecule has 1 saturated heterocycles. The van der Waals surface area contributed by atoms with Gasteiger partial charge in [0, 0.05) is 35.6 Å². The molecule has 0 spiro atoms. The number of hydrogen-bond acceptors (Lipinski definition) is 6. The summed E-state index contributed by atoms with van der Waals surface area (Å²) in [6, 6.07) is 11.0. The molecule has 0 radical (unpaired) electrons. The van der Waals surface area contributed by atoms with Gasteiger partial charge in [0.05, 0.1) is 11.0 Å². The van der Waals surface area contributed by atoms with Gasteiger partial charge in [-0.3, -0.25) is 4.79 Å². The molecular weight excluding hydrogens is 530 g/mol. The molecule has 1 aromatic heterocycles. The maximum Gasteiger partial charge on any atom is 0.246 e. The standard InChI is InChI=1S/C27H38ClN3O4S2/c1-30(2)27(25-4-3-17-36-25)21-7-5-20(6-8-21)13-15-29-26(32)19-35-23-14-16-31(18-23)37(33,34)24-11-9-22(28)10-12-24/h3-4,9-12,17,20-21,23,27H,5-8,13-16,18-19H2,1-2H3,(H,29,32). The van der Waals surface area contributed by atoms with Crippen molar-refractivity contribution in [2.75, 3.05) is 40.3 Å². The van der Waals surface area contributed by atoms with Gasteiger partial charge in [0.1, 0.15) is 6.61 Å². The van der Waals surface area contributed by atoms with Gasteiger partial charge in [-0.15, -0.1) is 11.3 Å². The number of carbonyl (C=O) groups is 1. The zero-order valence-corrected chi connectivity index (χ0v) is 24.0. The van der Waals surface area contributed by atoms with Crippen LogP contribution in [0, 0.1) is 11.8 Å². The van der Waals surface area contributed by atoms with Crippen molar-refractivity contribution in [1.29, 1.82) is 0 Å². The monoisotopic (exact) mass is 567 g/mol. The van der Waals surface area contributed by atoms with Gasteiger partial charge in [-0.1, -0.05) is 30.5 Å². The van der Waals surface area contributed by atoms with Gasteiger partial charge in [-0.05, 0) is 87.3 Å². The first kappa shape index (κ1) is 28.5. The Morgan fingerprint density at radius 3 is 2.54 bits per heavy atom.